The summed E-state index contributed by atoms with van der Waals surface area (Å²) in [6, 6.07) is 4.18. The molecule has 0 radical (unpaired) electrons. The highest BCUT2D eigenvalue weighted by Crippen LogP contribution is 2.34. The Morgan fingerprint density at radius 1 is 1.19 bits per heavy atom. The van der Waals surface area contributed by atoms with Crippen LogP contribution in [0.15, 0.2) is 18.2 Å². The second-order valence-corrected chi connectivity index (χ2v) is 6.38. The van der Waals surface area contributed by atoms with Crippen molar-refractivity contribution in [3.63, 3.8) is 0 Å². The van der Waals surface area contributed by atoms with Gasteiger partial charge in [-0.2, -0.15) is 0 Å². The van der Waals surface area contributed by atoms with Crippen LogP contribution in [-0.2, 0) is 4.79 Å². The van der Waals surface area contributed by atoms with Gasteiger partial charge in [0.05, 0.1) is 12.2 Å². The molecule has 0 aromatic heterocycles. The van der Waals surface area contributed by atoms with Gasteiger partial charge in [-0.3, -0.25) is 9.69 Å². The van der Waals surface area contributed by atoms with Gasteiger partial charge in [-0.25, -0.2) is 9.69 Å². The third-order valence-electron chi connectivity index (χ3n) is 3.23. The molecule has 0 bridgehead atoms. The van der Waals surface area contributed by atoms with Crippen molar-refractivity contribution in [3.05, 3.63) is 28.2 Å². The predicted molar refractivity (Wildman–Crippen MR) is 91.9 cm³/mol. The Balaban J connectivity index is 2.47. The Morgan fingerprint density at radius 3 is 2.29 bits per heavy atom. The van der Waals surface area contributed by atoms with E-state index >= 15 is 0 Å². The molecule has 1 aliphatic heterocycles. The number of halogens is 3. The van der Waals surface area contributed by atoms with Gasteiger partial charge >= 0.3 is 6.03 Å². The predicted octanol–water partition coefficient (Wildman–Crippen LogP) is 3.94. The number of hydrogen-bond acceptors (Lipinski definition) is 2. The van der Waals surface area contributed by atoms with Gasteiger partial charge in [0.2, 0.25) is 0 Å². The minimum Gasteiger partial charge on any atom is -0.299 e. The largest absolute Gasteiger partial charge is 0.333 e. The highest BCUT2D eigenvalue weighted by molar-refractivity contribution is 14.1. The van der Waals surface area contributed by atoms with E-state index in [-0.39, 0.29) is 12.5 Å². The van der Waals surface area contributed by atoms with Gasteiger partial charge in [-0.1, -0.05) is 29.1 Å². The number of imide groups is 1. The minimum absolute atomic E-state index is 0.186. The summed E-state index contributed by atoms with van der Waals surface area (Å²) < 4.78 is 2.69. The molecule has 1 heterocycles. The van der Waals surface area contributed by atoms with Crippen molar-refractivity contribution in [1.82, 2.24) is 4.90 Å². The number of amides is 3. The summed E-state index contributed by atoms with van der Waals surface area (Å²) in [7, 11) is 0. The summed E-state index contributed by atoms with van der Waals surface area (Å²) in [4.78, 5) is 27.6. The average Bonchev–Trinajstić information content (AvgIpc) is 2.53. The lowest BCUT2D eigenvalue weighted by molar-refractivity contribution is -0.123. The van der Waals surface area contributed by atoms with Crippen LogP contribution < -0.4 is 4.90 Å². The second-order valence-electron chi connectivity index (χ2n) is 4.97. The number of hydrogen-bond donors (Lipinski definition) is 0. The summed E-state index contributed by atoms with van der Waals surface area (Å²) in [5.41, 5.74) is -0.604. The fraction of sp³-hybridized carbons (Fsp3) is 0.286. The molecule has 1 aromatic rings. The Kier molecular flexibility index (Phi) is 4.71. The van der Waals surface area contributed by atoms with Crippen LogP contribution >= 0.6 is 45.8 Å². The number of carbonyl (C=O) groups is 2. The monoisotopic (exact) mass is 436 g/mol. The summed E-state index contributed by atoms with van der Waals surface area (Å²) in [5.74, 6) is 2.47. The Hall–Kier alpha value is -0.970. The van der Waals surface area contributed by atoms with Gasteiger partial charge in [0.25, 0.3) is 5.91 Å². The summed E-state index contributed by atoms with van der Waals surface area (Å²) in [6.07, 6.45) is 0. The molecule has 21 heavy (non-hydrogen) atoms. The van der Waals surface area contributed by atoms with Gasteiger partial charge in [-0.15, -0.1) is 0 Å². The van der Waals surface area contributed by atoms with E-state index in [2.05, 4.69) is 9.85 Å². The quantitative estimate of drug-likeness (QED) is 0.400. The van der Waals surface area contributed by atoms with Crippen molar-refractivity contribution >= 4 is 63.4 Å². The van der Waals surface area contributed by atoms with E-state index in [1.165, 1.54) is 17.0 Å². The van der Waals surface area contributed by atoms with Crippen LogP contribution in [0.2, 0.25) is 10.0 Å². The van der Waals surface area contributed by atoms with Crippen molar-refractivity contribution in [2.24, 2.45) is 0 Å². The summed E-state index contributed by atoms with van der Waals surface area (Å²) >= 11 is 13.8. The summed E-state index contributed by atoms with van der Waals surface area (Å²) in [6.45, 7) is 3.56. The van der Waals surface area contributed by atoms with Crippen LogP contribution in [0, 0.1) is 9.85 Å². The first-order valence-electron chi connectivity index (χ1n) is 6.00. The molecule has 0 saturated carbocycles. The third kappa shape index (κ3) is 2.98. The number of urea groups is 1. The average molecular weight is 437 g/mol. The number of nitrogens with zero attached hydrogens (tertiary/aromatic N) is 2. The molecule has 1 saturated heterocycles. The van der Waals surface area contributed by atoms with E-state index in [1.54, 1.807) is 19.9 Å². The molecular formula is C14H11Cl2IN2O2. The van der Waals surface area contributed by atoms with Crippen molar-refractivity contribution < 1.29 is 9.59 Å². The zero-order valence-electron chi connectivity index (χ0n) is 11.3. The van der Waals surface area contributed by atoms with E-state index in [9.17, 15) is 9.59 Å². The number of rotatable bonds is 2. The lowest BCUT2D eigenvalue weighted by atomic mass is 10.0. The topological polar surface area (TPSA) is 40.6 Å². The van der Waals surface area contributed by atoms with E-state index in [1.807, 2.05) is 22.6 Å². The van der Waals surface area contributed by atoms with Crippen LogP contribution in [0.25, 0.3) is 0 Å². The first-order chi connectivity index (χ1) is 9.78. The highest BCUT2D eigenvalue weighted by atomic mass is 127. The maximum Gasteiger partial charge on any atom is 0.333 e. The maximum atomic E-state index is 12.6. The third-order valence-corrected chi connectivity index (χ3v) is 4.05. The number of anilines is 1. The van der Waals surface area contributed by atoms with Gasteiger partial charge in [0.15, 0.2) is 0 Å². The summed E-state index contributed by atoms with van der Waals surface area (Å²) in [5, 5.41) is 0.725. The molecule has 1 aliphatic rings. The van der Waals surface area contributed by atoms with Crippen LogP contribution in [0.3, 0.4) is 0 Å². The second kappa shape index (κ2) is 6.03. The zero-order chi connectivity index (χ0) is 15.8. The first-order valence-corrected chi connectivity index (χ1v) is 7.83. The van der Waals surface area contributed by atoms with E-state index < -0.39 is 11.6 Å². The lowest BCUT2D eigenvalue weighted by Crippen LogP contribution is -2.44. The standard InChI is InChI=1S/C14H11Cl2IN2O2/c1-14(2)12(20)19(13(21)18(14)5-3-4-17)11-7-9(15)6-10(16)8-11/h6-8H,5H2,1-2H3. The number of benzene rings is 1. The molecule has 0 unspecified atom stereocenters. The van der Waals surface area contributed by atoms with Crippen molar-refractivity contribution in [2.45, 2.75) is 19.4 Å². The molecule has 0 N–H and O–H groups in total. The lowest BCUT2D eigenvalue weighted by Gasteiger charge is -2.25. The Labute approximate surface area is 146 Å². The van der Waals surface area contributed by atoms with E-state index in [0.29, 0.717) is 15.7 Å². The van der Waals surface area contributed by atoms with Crippen LogP contribution in [0.4, 0.5) is 10.5 Å². The van der Waals surface area contributed by atoms with Crippen LogP contribution in [0.1, 0.15) is 13.8 Å². The van der Waals surface area contributed by atoms with Crippen molar-refractivity contribution in [1.29, 1.82) is 0 Å². The van der Waals surface area contributed by atoms with Crippen LogP contribution in [0.5, 0.6) is 0 Å². The van der Waals surface area contributed by atoms with Gasteiger partial charge in [0.1, 0.15) is 5.54 Å². The Bertz CT molecular complexity index is 659. The highest BCUT2D eigenvalue weighted by Gasteiger charge is 2.51. The molecule has 0 atom stereocenters. The van der Waals surface area contributed by atoms with Gasteiger partial charge in [-0.05, 0) is 36.0 Å². The molecule has 1 aromatic carbocycles. The van der Waals surface area contributed by atoms with Crippen LogP contribution in [-0.4, -0.2) is 28.9 Å². The molecule has 0 spiro atoms. The van der Waals surface area contributed by atoms with E-state index in [4.69, 9.17) is 23.2 Å². The van der Waals surface area contributed by atoms with Crippen molar-refractivity contribution in [3.8, 4) is 9.85 Å². The fourth-order valence-corrected chi connectivity index (χ4v) is 2.79. The fourth-order valence-electron chi connectivity index (χ4n) is 2.11. The molecule has 7 heteroatoms. The Morgan fingerprint density at radius 2 is 1.76 bits per heavy atom. The maximum absolute atomic E-state index is 12.6. The zero-order valence-corrected chi connectivity index (χ0v) is 15.0. The van der Waals surface area contributed by atoms with Gasteiger partial charge in [0, 0.05) is 32.6 Å². The molecule has 4 nitrogen and oxygen atoms in total. The molecular weight excluding hydrogens is 426 g/mol. The molecule has 2 rings (SSSR count). The first kappa shape index (κ1) is 16.4. The molecule has 110 valence electrons. The SMILES string of the molecule is CC1(C)C(=O)N(c2cc(Cl)cc(Cl)c2)C(=O)N1CC#CI. The van der Waals surface area contributed by atoms with Gasteiger partial charge < -0.3 is 0 Å². The number of carbonyl (C=O) groups excluding carboxylic acids is 2. The molecule has 0 aliphatic carbocycles. The smallest absolute Gasteiger partial charge is 0.299 e. The normalized spacial score (nSPS) is 17.0. The van der Waals surface area contributed by atoms with Crippen molar-refractivity contribution in [2.75, 3.05) is 11.4 Å². The van der Waals surface area contributed by atoms with E-state index in [0.717, 1.165) is 4.90 Å². The molecule has 1 fully saturated rings. The molecule has 3 amide bonds. The minimum atomic E-state index is -0.966.